The molecule has 0 radical (unpaired) electrons. The van der Waals surface area contributed by atoms with Gasteiger partial charge in [0.05, 0.1) is 0 Å². The van der Waals surface area contributed by atoms with Crippen molar-refractivity contribution >= 4 is 11.9 Å². The fraction of sp³-hybridized carbons (Fsp3) is 0.458. The number of carboxylic acids is 1. The third-order valence-electron chi connectivity index (χ3n) is 5.40. The molecule has 0 bridgehead atoms. The zero-order valence-corrected chi connectivity index (χ0v) is 18.6. The van der Waals surface area contributed by atoms with Crippen LogP contribution in [0.4, 0.5) is 0 Å². The van der Waals surface area contributed by atoms with Crippen LogP contribution in [0, 0.1) is 19.8 Å². The predicted molar refractivity (Wildman–Crippen MR) is 122 cm³/mol. The van der Waals surface area contributed by atoms with Crippen LogP contribution in [0.3, 0.4) is 0 Å². The molecule has 2 heterocycles. The van der Waals surface area contributed by atoms with Crippen molar-refractivity contribution in [3.05, 3.63) is 69.1 Å². The minimum absolute atomic E-state index is 0.186. The number of aromatic nitrogens is 1. The largest absolute Gasteiger partial charge is 0.481 e. The molecule has 1 aromatic heterocycles. The van der Waals surface area contributed by atoms with Gasteiger partial charge in [-0.25, -0.2) is 0 Å². The van der Waals surface area contributed by atoms with E-state index in [1.165, 1.54) is 11.1 Å². The number of nitrogens with one attached hydrogen (secondary N) is 2. The van der Waals surface area contributed by atoms with E-state index < -0.39 is 5.97 Å². The Morgan fingerprint density at radius 1 is 1.19 bits per heavy atom. The number of amides is 1. The Bertz CT molecular complexity index is 942. The molecule has 1 fully saturated rings. The number of piperidine rings is 1. The molecule has 0 spiro atoms. The Hall–Kier alpha value is -2.93. The summed E-state index contributed by atoms with van der Waals surface area (Å²) in [5.74, 6) is -0.668. The van der Waals surface area contributed by atoms with Crippen LogP contribution in [0.15, 0.2) is 41.3 Å². The summed E-state index contributed by atoms with van der Waals surface area (Å²) < 4.78 is 1.70. The highest BCUT2D eigenvalue weighted by molar-refractivity contribution is 5.95. The third kappa shape index (κ3) is 7.68. The second-order valence-corrected chi connectivity index (χ2v) is 8.00. The van der Waals surface area contributed by atoms with E-state index in [0.717, 1.165) is 44.8 Å². The maximum atomic E-state index is 12.9. The summed E-state index contributed by atoms with van der Waals surface area (Å²) in [6, 6.07) is 10.0. The van der Waals surface area contributed by atoms with Gasteiger partial charge in [-0.2, -0.15) is 0 Å². The van der Waals surface area contributed by atoms with Crippen molar-refractivity contribution in [1.29, 1.82) is 0 Å². The lowest BCUT2D eigenvalue weighted by Gasteiger charge is -2.23. The zero-order chi connectivity index (χ0) is 22.8. The highest BCUT2D eigenvalue weighted by Gasteiger charge is 2.18. The molecule has 3 rings (SSSR count). The summed E-state index contributed by atoms with van der Waals surface area (Å²) in [4.78, 5) is 34.5. The van der Waals surface area contributed by atoms with Gasteiger partial charge in [-0.1, -0.05) is 24.3 Å². The van der Waals surface area contributed by atoms with Crippen LogP contribution in [-0.4, -0.2) is 41.2 Å². The van der Waals surface area contributed by atoms with Crippen molar-refractivity contribution in [3.63, 3.8) is 0 Å². The van der Waals surface area contributed by atoms with Crippen molar-refractivity contribution in [1.82, 2.24) is 15.2 Å². The Morgan fingerprint density at radius 3 is 2.55 bits per heavy atom. The van der Waals surface area contributed by atoms with Gasteiger partial charge in [-0.05, 0) is 74.9 Å². The predicted octanol–water partition coefficient (Wildman–Crippen LogP) is 2.53. The van der Waals surface area contributed by atoms with E-state index in [1.807, 2.05) is 31.3 Å². The molecule has 1 atom stereocenters. The molecule has 1 aliphatic rings. The van der Waals surface area contributed by atoms with Crippen LogP contribution in [-0.2, 0) is 17.8 Å². The highest BCUT2D eigenvalue weighted by atomic mass is 16.4. The van der Waals surface area contributed by atoms with E-state index in [2.05, 4.69) is 29.7 Å². The number of nitrogens with zero attached hydrogens (tertiary/aromatic N) is 1. The van der Waals surface area contributed by atoms with E-state index in [9.17, 15) is 9.59 Å². The quantitative estimate of drug-likeness (QED) is 0.658. The van der Waals surface area contributed by atoms with Crippen molar-refractivity contribution in [2.45, 2.75) is 46.6 Å². The minimum atomic E-state index is -0.833. The van der Waals surface area contributed by atoms with Gasteiger partial charge in [0.15, 0.2) is 0 Å². The van der Waals surface area contributed by atoms with Gasteiger partial charge < -0.3 is 20.3 Å². The normalized spacial score (nSPS) is 15.5. The van der Waals surface area contributed by atoms with Crippen LogP contribution < -0.4 is 16.2 Å². The maximum absolute atomic E-state index is 12.9. The molecule has 1 amide bonds. The summed E-state index contributed by atoms with van der Waals surface area (Å²) in [6.45, 7) is 8.13. The number of aliphatic carboxylic acids is 1. The average molecular weight is 428 g/mol. The average Bonchev–Trinajstić information content (AvgIpc) is 2.72. The second kappa shape index (κ2) is 12.1. The van der Waals surface area contributed by atoms with Crippen molar-refractivity contribution < 1.29 is 14.7 Å². The smallest absolute Gasteiger partial charge is 0.300 e. The summed E-state index contributed by atoms with van der Waals surface area (Å²) >= 11 is 0. The van der Waals surface area contributed by atoms with E-state index in [-0.39, 0.29) is 17.0 Å². The molecule has 2 aromatic rings. The van der Waals surface area contributed by atoms with Crippen LogP contribution >= 0.6 is 0 Å². The van der Waals surface area contributed by atoms with Gasteiger partial charge in [0.25, 0.3) is 17.4 Å². The lowest BCUT2D eigenvalue weighted by atomic mass is 9.99. The minimum Gasteiger partial charge on any atom is -0.481 e. The second-order valence-electron chi connectivity index (χ2n) is 8.00. The van der Waals surface area contributed by atoms with Gasteiger partial charge in [0.1, 0.15) is 5.56 Å². The molecule has 1 unspecified atom stereocenters. The summed E-state index contributed by atoms with van der Waals surface area (Å²) in [6.07, 6.45) is 4.82. The SMILES string of the molecule is CC(=O)O.Cc1ccccc1CCNC(=O)c1c(C)ccn(CC2CCCNC2)c1=O. The third-order valence-corrected chi connectivity index (χ3v) is 5.40. The fourth-order valence-corrected chi connectivity index (χ4v) is 3.73. The summed E-state index contributed by atoms with van der Waals surface area (Å²) in [5.41, 5.74) is 3.24. The number of hydrogen-bond donors (Lipinski definition) is 3. The van der Waals surface area contributed by atoms with Crippen LogP contribution in [0.2, 0.25) is 0 Å². The van der Waals surface area contributed by atoms with Gasteiger partial charge in [-0.15, -0.1) is 0 Å². The van der Waals surface area contributed by atoms with E-state index in [4.69, 9.17) is 9.90 Å². The van der Waals surface area contributed by atoms with E-state index in [0.29, 0.717) is 19.0 Å². The number of rotatable bonds is 6. The molecular weight excluding hydrogens is 394 g/mol. The number of aryl methyl sites for hydroxylation is 2. The Morgan fingerprint density at radius 2 is 1.90 bits per heavy atom. The molecule has 168 valence electrons. The Kier molecular flexibility index (Phi) is 9.46. The molecular formula is C24H33N3O4. The zero-order valence-electron chi connectivity index (χ0n) is 18.6. The van der Waals surface area contributed by atoms with Crippen LogP contribution in [0.1, 0.15) is 46.8 Å². The lowest BCUT2D eigenvalue weighted by Crippen LogP contribution is -2.38. The number of pyridine rings is 1. The maximum Gasteiger partial charge on any atom is 0.300 e. The molecule has 0 aliphatic carbocycles. The summed E-state index contributed by atoms with van der Waals surface area (Å²) in [7, 11) is 0. The number of benzene rings is 1. The molecule has 7 nitrogen and oxygen atoms in total. The molecule has 3 N–H and O–H groups in total. The van der Waals surface area contributed by atoms with Gasteiger partial charge >= 0.3 is 0 Å². The lowest BCUT2D eigenvalue weighted by molar-refractivity contribution is -0.134. The number of carboxylic acid groups (broad SMARTS) is 1. The van der Waals surface area contributed by atoms with E-state index in [1.54, 1.807) is 4.57 Å². The number of carbonyl (C=O) groups excluding carboxylic acids is 1. The standard InChI is InChI=1S/C22H29N3O2.C2H4O2/c1-16-6-3-4-8-19(16)9-12-24-21(26)20-17(2)10-13-25(22(20)27)15-18-7-5-11-23-14-18;1-2(3)4/h3-4,6,8,10,13,18,23H,5,7,9,11-12,14-15H2,1-2H3,(H,24,26);1H3,(H,3,4). The molecule has 0 saturated carbocycles. The monoisotopic (exact) mass is 427 g/mol. The first-order valence-electron chi connectivity index (χ1n) is 10.7. The topological polar surface area (TPSA) is 100 Å². The number of carbonyl (C=O) groups is 2. The van der Waals surface area contributed by atoms with Gasteiger partial charge in [0, 0.05) is 26.2 Å². The van der Waals surface area contributed by atoms with Crippen LogP contribution in [0.5, 0.6) is 0 Å². The first-order valence-corrected chi connectivity index (χ1v) is 10.7. The first-order chi connectivity index (χ1) is 14.8. The van der Waals surface area contributed by atoms with E-state index >= 15 is 0 Å². The molecule has 7 heteroatoms. The Labute approximate surface area is 183 Å². The highest BCUT2D eigenvalue weighted by Crippen LogP contribution is 2.12. The summed E-state index contributed by atoms with van der Waals surface area (Å²) in [5, 5.41) is 13.7. The number of hydrogen-bond acceptors (Lipinski definition) is 4. The molecule has 1 aromatic carbocycles. The first kappa shape index (κ1) is 24.3. The Balaban J connectivity index is 0.000000785. The van der Waals surface area contributed by atoms with Gasteiger partial charge in [-0.3, -0.25) is 14.4 Å². The van der Waals surface area contributed by atoms with Crippen molar-refractivity contribution in [2.24, 2.45) is 5.92 Å². The fourth-order valence-electron chi connectivity index (χ4n) is 3.73. The molecule has 1 saturated heterocycles. The molecule has 1 aliphatic heterocycles. The van der Waals surface area contributed by atoms with Crippen LogP contribution in [0.25, 0.3) is 0 Å². The molecule has 31 heavy (non-hydrogen) atoms. The van der Waals surface area contributed by atoms with Crippen molar-refractivity contribution in [3.8, 4) is 0 Å². The van der Waals surface area contributed by atoms with Gasteiger partial charge in [0.2, 0.25) is 0 Å². The van der Waals surface area contributed by atoms with Crippen molar-refractivity contribution in [2.75, 3.05) is 19.6 Å².